The minimum absolute atomic E-state index is 0.0141. The molecule has 0 aliphatic carbocycles. The van der Waals surface area contributed by atoms with Crippen molar-refractivity contribution in [2.45, 2.75) is 25.4 Å². The van der Waals surface area contributed by atoms with Crippen molar-refractivity contribution in [2.24, 2.45) is 0 Å². The lowest BCUT2D eigenvalue weighted by atomic mass is 10.0. The van der Waals surface area contributed by atoms with Gasteiger partial charge in [0.05, 0.1) is 17.4 Å². The van der Waals surface area contributed by atoms with E-state index in [4.69, 9.17) is 0 Å². The van der Waals surface area contributed by atoms with Crippen molar-refractivity contribution in [3.05, 3.63) is 71.2 Å². The van der Waals surface area contributed by atoms with Gasteiger partial charge in [-0.2, -0.15) is 0 Å². The van der Waals surface area contributed by atoms with Gasteiger partial charge in [-0.25, -0.2) is 0 Å². The van der Waals surface area contributed by atoms with Crippen LogP contribution >= 0.6 is 0 Å². The molecule has 4 heterocycles. The Balaban J connectivity index is 1.39. The normalized spacial score (nSPS) is 17.1. The fourth-order valence-electron chi connectivity index (χ4n) is 4.35. The van der Waals surface area contributed by atoms with Crippen molar-refractivity contribution in [3.8, 4) is 11.3 Å². The largest absolute Gasteiger partial charge is 0.393 e. The smallest absolute Gasteiger partial charge is 0.253 e. The first-order valence-corrected chi connectivity index (χ1v) is 10.8. The second kappa shape index (κ2) is 8.40. The van der Waals surface area contributed by atoms with Gasteiger partial charge in [0, 0.05) is 54.9 Å². The van der Waals surface area contributed by atoms with Crippen molar-refractivity contribution in [1.82, 2.24) is 15.3 Å². The first-order chi connectivity index (χ1) is 15.2. The van der Waals surface area contributed by atoms with E-state index < -0.39 is 0 Å². The van der Waals surface area contributed by atoms with Gasteiger partial charge in [-0.1, -0.05) is 24.3 Å². The number of rotatable bonds is 4. The second-order valence-electron chi connectivity index (χ2n) is 8.16. The van der Waals surface area contributed by atoms with E-state index in [0.717, 1.165) is 66.1 Å². The van der Waals surface area contributed by atoms with Crippen LogP contribution < -0.4 is 10.2 Å². The first kappa shape index (κ1) is 19.6. The van der Waals surface area contributed by atoms with Gasteiger partial charge in [-0.15, -0.1) is 0 Å². The van der Waals surface area contributed by atoms with Gasteiger partial charge in [0.1, 0.15) is 0 Å². The van der Waals surface area contributed by atoms with Crippen LogP contribution in [0, 0.1) is 0 Å². The van der Waals surface area contributed by atoms with Crippen molar-refractivity contribution < 1.29 is 9.90 Å². The molecular weight excluding hydrogens is 388 g/mol. The van der Waals surface area contributed by atoms with Crippen LogP contribution in [0.3, 0.4) is 0 Å². The van der Waals surface area contributed by atoms with Crippen LogP contribution in [0.25, 0.3) is 23.4 Å². The van der Waals surface area contributed by atoms with Crippen molar-refractivity contribution in [3.63, 3.8) is 0 Å². The number of amides is 1. The van der Waals surface area contributed by atoms with Crippen LogP contribution in [0.5, 0.6) is 0 Å². The van der Waals surface area contributed by atoms with Crippen LogP contribution in [0.2, 0.25) is 0 Å². The number of H-pyrrole nitrogens is 1. The molecule has 1 fully saturated rings. The quantitative estimate of drug-likeness (QED) is 0.610. The zero-order chi connectivity index (χ0) is 21.2. The van der Waals surface area contributed by atoms with Gasteiger partial charge in [0.2, 0.25) is 0 Å². The Morgan fingerprint density at radius 2 is 1.94 bits per heavy atom. The number of nitrogens with zero attached hydrogens (tertiary/aromatic N) is 2. The predicted octanol–water partition coefficient (Wildman–Crippen LogP) is 3.49. The lowest BCUT2D eigenvalue weighted by molar-refractivity contribution is 0.0946. The molecule has 1 saturated heterocycles. The number of pyridine rings is 1. The summed E-state index contributed by atoms with van der Waals surface area (Å²) in [7, 11) is 0. The van der Waals surface area contributed by atoms with E-state index in [1.54, 1.807) is 6.20 Å². The topological polar surface area (TPSA) is 81.2 Å². The third kappa shape index (κ3) is 4.11. The molecule has 1 amide bonds. The number of nitrogens with one attached hydrogen (secondary N) is 2. The molecule has 0 radical (unpaired) electrons. The highest BCUT2D eigenvalue weighted by Gasteiger charge is 2.20. The molecule has 6 nitrogen and oxygen atoms in total. The summed E-state index contributed by atoms with van der Waals surface area (Å²) in [5, 5.41) is 12.7. The number of anilines is 1. The number of aromatic amines is 1. The number of piperidine rings is 1. The molecule has 0 atom stereocenters. The average Bonchev–Trinajstić information content (AvgIpc) is 3.25. The Labute approximate surface area is 181 Å². The lowest BCUT2D eigenvalue weighted by Gasteiger charge is -2.32. The van der Waals surface area contributed by atoms with E-state index in [1.165, 1.54) is 5.69 Å². The molecule has 0 spiro atoms. The van der Waals surface area contributed by atoms with Crippen LogP contribution in [-0.4, -0.2) is 46.7 Å². The Kier molecular flexibility index (Phi) is 5.30. The van der Waals surface area contributed by atoms with Crippen molar-refractivity contribution in [1.29, 1.82) is 0 Å². The van der Waals surface area contributed by atoms with Crippen molar-refractivity contribution >= 4 is 23.7 Å². The molecule has 3 aromatic rings. The molecule has 0 unspecified atom stereocenters. The van der Waals surface area contributed by atoms with E-state index in [9.17, 15) is 9.90 Å². The third-order valence-electron chi connectivity index (χ3n) is 6.07. The summed E-state index contributed by atoms with van der Waals surface area (Å²) in [6.07, 6.45) is 8.17. The molecule has 2 aliphatic heterocycles. The first-order valence-electron chi connectivity index (χ1n) is 10.8. The molecule has 0 saturated carbocycles. The van der Waals surface area contributed by atoms with Crippen molar-refractivity contribution in [2.75, 3.05) is 24.5 Å². The Morgan fingerprint density at radius 1 is 1.10 bits per heavy atom. The number of carbonyl (C=O) groups is 1. The molecule has 31 heavy (non-hydrogen) atoms. The molecule has 6 heteroatoms. The van der Waals surface area contributed by atoms with E-state index in [1.807, 2.05) is 30.3 Å². The summed E-state index contributed by atoms with van der Waals surface area (Å²) in [5.41, 5.74) is 6.85. The minimum Gasteiger partial charge on any atom is -0.393 e. The Hall–Kier alpha value is -3.38. The molecule has 1 aromatic carbocycles. The van der Waals surface area contributed by atoms with E-state index in [0.29, 0.717) is 6.54 Å². The summed E-state index contributed by atoms with van der Waals surface area (Å²) in [6, 6.07) is 14.3. The van der Waals surface area contributed by atoms with Crippen LogP contribution in [0.1, 0.15) is 40.2 Å². The molecular formula is C25H26N4O2. The van der Waals surface area contributed by atoms with Gasteiger partial charge in [0.15, 0.2) is 0 Å². The second-order valence-corrected chi connectivity index (χ2v) is 8.16. The van der Waals surface area contributed by atoms with Gasteiger partial charge >= 0.3 is 0 Å². The summed E-state index contributed by atoms with van der Waals surface area (Å²) in [4.78, 5) is 22.3. The van der Waals surface area contributed by atoms with E-state index in [2.05, 4.69) is 44.5 Å². The molecule has 0 bridgehead atoms. The summed E-state index contributed by atoms with van der Waals surface area (Å²) in [6.45, 7) is 2.40. The summed E-state index contributed by atoms with van der Waals surface area (Å²) < 4.78 is 0. The maximum absolute atomic E-state index is 12.1. The minimum atomic E-state index is -0.185. The Bertz CT molecular complexity index is 1130. The lowest BCUT2D eigenvalue weighted by Crippen LogP contribution is -2.36. The number of hydrogen-bond acceptors (Lipinski definition) is 4. The van der Waals surface area contributed by atoms with Crippen LogP contribution in [0.15, 0.2) is 48.7 Å². The zero-order valence-corrected chi connectivity index (χ0v) is 17.3. The highest BCUT2D eigenvalue weighted by molar-refractivity contribution is 5.97. The molecule has 2 aromatic heterocycles. The molecule has 5 rings (SSSR count). The van der Waals surface area contributed by atoms with E-state index in [-0.39, 0.29) is 12.0 Å². The summed E-state index contributed by atoms with van der Waals surface area (Å²) in [5.74, 6) is -0.0141. The van der Waals surface area contributed by atoms with Gasteiger partial charge in [-0.05, 0) is 48.7 Å². The predicted molar refractivity (Wildman–Crippen MR) is 123 cm³/mol. The van der Waals surface area contributed by atoms with Gasteiger partial charge in [0.25, 0.3) is 5.91 Å². The van der Waals surface area contributed by atoms with E-state index >= 15 is 0 Å². The summed E-state index contributed by atoms with van der Waals surface area (Å²) >= 11 is 0. The van der Waals surface area contributed by atoms with Gasteiger partial charge in [-0.3, -0.25) is 9.78 Å². The van der Waals surface area contributed by atoms with Crippen LogP contribution in [0.4, 0.5) is 5.69 Å². The number of aliphatic hydroxyl groups is 1. The molecule has 2 aliphatic rings. The Morgan fingerprint density at radius 3 is 2.77 bits per heavy atom. The average molecular weight is 415 g/mol. The third-order valence-corrected chi connectivity index (χ3v) is 6.07. The number of fused-ring (bicyclic) bond motifs is 1. The monoisotopic (exact) mass is 414 g/mol. The SMILES string of the molecule is O=C1NCCc2[nH]c(-c3ccnc(C=Cc4ccccc4N4CCC(O)CC4)c3)cc21. The highest BCUT2D eigenvalue weighted by Crippen LogP contribution is 2.27. The fourth-order valence-corrected chi connectivity index (χ4v) is 4.35. The number of benzene rings is 1. The molecule has 158 valence electrons. The number of para-hydroxylation sites is 1. The fraction of sp³-hybridized carbons (Fsp3) is 0.280. The number of aromatic nitrogens is 2. The highest BCUT2D eigenvalue weighted by atomic mass is 16.3. The van der Waals surface area contributed by atoms with Crippen LogP contribution in [-0.2, 0) is 6.42 Å². The van der Waals surface area contributed by atoms with Gasteiger partial charge < -0.3 is 20.3 Å². The standard InChI is InChI=1S/C25H26N4O2/c30-20-9-13-29(14-10-20)24-4-2-1-3-17(24)5-6-19-15-18(7-11-26-19)23-16-21-22(28-23)8-12-27-25(21)31/h1-7,11,15-16,20,28,30H,8-10,12-14H2,(H,27,31). The number of carbonyl (C=O) groups excluding carboxylic acids is 1. The zero-order valence-electron chi connectivity index (χ0n) is 17.3. The maximum Gasteiger partial charge on any atom is 0.253 e. The number of hydrogen-bond donors (Lipinski definition) is 3. The molecule has 3 N–H and O–H groups in total. The number of aliphatic hydroxyl groups excluding tert-OH is 1. The maximum atomic E-state index is 12.1.